The van der Waals surface area contributed by atoms with Crippen molar-refractivity contribution in [2.75, 3.05) is 17.7 Å². The fourth-order valence-corrected chi connectivity index (χ4v) is 3.24. The summed E-state index contributed by atoms with van der Waals surface area (Å²) >= 11 is 0. The topological polar surface area (TPSA) is 94.3 Å². The molecular formula is C23H21N5O3. The molecule has 2 aromatic heterocycles. The van der Waals surface area contributed by atoms with Gasteiger partial charge in [-0.05, 0) is 37.1 Å². The Hall–Kier alpha value is -4.07. The summed E-state index contributed by atoms with van der Waals surface area (Å²) in [6, 6.07) is 15.0. The van der Waals surface area contributed by atoms with Crippen molar-refractivity contribution in [2.45, 2.75) is 18.8 Å². The Kier molecular flexibility index (Phi) is 4.87. The third kappa shape index (κ3) is 4.28. The van der Waals surface area contributed by atoms with E-state index in [-0.39, 0.29) is 0 Å². The summed E-state index contributed by atoms with van der Waals surface area (Å²) in [5.41, 5.74) is 2.53. The molecular weight excluding hydrogens is 394 g/mol. The average Bonchev–Trinajstić information content (AvgIpc) is 3.53. The molecule has 2 heterocycles. The van der Waals surface area contributed by atoms with Crippen LogP contribution in [0.25, 0.3) is 10.9 Å². The fraction of sp³-hybridized carbons (Fsp3) is 0.174. The van der Waals surface area contributed by atoms with Gasteiger partial charge in [-0.2, -0.15) is 0 Å². The first-order chi connectivity index (χ1) is 15.2. The normalized spacial score (nSPS) is 13.1. The van der Waals surface area contributed by atoms with E-state index in [2.05, 4.69) is 32.3 Å². The van der Waals surface area contributed by atoms with Gasteiger partial charge in [0.15, 0.2) is 0 Å². The van der Waals surface area contributed by atoms with Crippen molar-refractivity contribution in [3.63, 3.8) is 0 Å². The Labute approximate surface area is 178 Å². The predicted octanol–water partition coefficient (Wildman–Crippen LogP) is 5.29. The van der Waals surface area contributed by atoms with Crippen LogP contribution in [-0.2, 0) is 0 Å². The average molecular weight is 415 g/mol. The minimum Gasteiger partial charge on any atom is -0.497 e. The van der Waals surface area contributed by atoms with Crippen molar-refractivity contribution in [2.24, 2.45) is 0 Å². The van der Waals surface area contributed by atoms with Crippen molar-refractivity contribution >= 4 is 22.5 Å². The second kappa shape index (κ2) is 7.98. The number of benzene rings is 2. The summed E-state index contributed by atoms with van der Waals surface area (Å²) in [5, 5.41) is 11.2. The second-order valence-electron chi connectivity index (χ2n) is 7.31. The summed E-state index contributed by atoms with van der Waals surface area (Å²) in [4.78, 5) is 8.57. The molecule has 1 saturated carbocycles. The molecule has 31 heavy (non-hydrogen) atoms. The van der Waals surface area contributed by atoms with E-state index in [4.69, 9.17) is 14.0 Å². The molecule has 2 aromatic carbocycles. The Morgan fingerprint density at radius 3 is 2.81 bits per heavy atom. The fourth-order valence-electron chi connectivity index (χ4n) is 3.24. The van der Waals surface area contributed by atoms with Gasteiger partial charge in [-0.25, -0.2) is 9.97 Å². The molecule has 2 N–H and O–H groups in total. The lowest BCUT2D eigenvalue weighted by Gasteiger charge is -2.12. The molecule has 0 bridgehead atoms. The maximum atomic E-state index is 6.03. The Balaban J connectivity index is 1.28. The lowest BCUT2D eigenvalue weighted by atomic mass is 10.2. The zero-order chi connectivity index (χ0) is 21.2. The van der Waals surface area contributed by atoms with E-state index in [1.165, 1.54) is 19.2 Å². The molecule has 8 heteroatoms. The number of fused-ring (bicyclic) bond motifs is 1. The first kappa shape index (κ1) is 18.9. The maximum absolute atomic E-state index is 6.03. The highest BCUT2D eigenvalue weighted by Gasteiger charge is 2.27. The van der Waals surface area contributed by atoms with Gasteiger partial charge in [-0.15, -0.1) is 0 Å². The monoisotopic (exact) mass is 415 g/mol. The van der Waals surface area contributed by atoms with Gasteiger partial charge >= 0.3 is 0 Å². The summed E-state index contributed by atoms with van der Waals surface area (Å²) in [7, 11) is 1.62. The predicted molar refractivity (Wildman–Crippen MR) is 117 cm³/mol. The molecule has 0 spiro atoms. The molecule has 0 radical (unpaired) electrons. The van der Waals surface area contributed by atoms with Gasteiger partial charge in [0.2, 0.25) is 11.8 Å². The number of nitrogens with zero attached hydrogens (tertiary/aromatic N) is 3. The summed E-state index contributed by atoms with van der Waals surface area (Å²) in [5.74, 6) is 3.49. The molecule has 1 fully saturated rings. The largest absolute Gasteiger partial charge is 0.497 e. The molecule has 4 aromatic rings. The minimum atomic E-state index is 0.469. The molecule has 0 unspecified atom stereocenters. The molecule has 0 aliphatic heterocycles. The van der Waals surface area contributed by atoms with Crippen molar-refractivity contribution < 1.29 is 14.0 Å². The van der Waals surface area contributed by atoms with E-state index >= 15 is 0 Å². The number of methoxy groups -OCH3 is 1. The van der Waals surface area contributed by atoms with Gasteiger partial charge in [-0.1, -0.05) is 17.8 Å². The number of anilines is 2. The Bertz CT molecular complexity index is 1250. The van der Waals surface area contributed by atoms with E-state index in [0.29, 0.717) is 29.3 Å². The highest BCUT2D eigenvalue weighted by atomic mass is 16.5. The van der Waals surface area contributed by atoms with Gasteiger partial charge in [0.25, 0.3) is 0 Å². The van der Waals surface area contributed by atoms with Crippen LogP contribution in [0, 0.1) is 0 Å². The first-order valence-electron chi connectivity index (χ1n) is 9.94. The van der Waals surface area contributed by atoms with Crippen LogP contribution in [0.4, 0.5) is 11.6 Å². The standard InChI is InChI=1S/C23H21N5O3/c1-14(27-22-12-20(28-31-22)15-6-7-15)26-16-4-3-5-18(10-16)30-23-19-9-8-17(29-2)11-21(19)24-13-25-23/h3-5,8-13,15,26-27H,1,6-7H2,2H3. The number of aromatic nitrogens is 3. The van der Waals surface area contributed by atoms with Gasteiger partial charge in [0.1, 0.15) is 23.6 Å². The van der Waals surface area contributed by atoms with Crippen LogP contribution < -0.4 is 20.1 Å². The minimum absolute atomic E-state index is 0.469. The van der Waals surface area contributed by atoms with Crippen molar-refractivity contribution in [3.8, 4) is 17.4 Å². The molecule has 5 rings (SSSR count). The van der Waals surface area contributed by atoms with Crippen LogP contribution in [0.5, 0.6) is 17.4 Å². The van der Waals surface area contributed by atoms with Crippen molar-refractivity contribution in [1.29, 1.82) is 0 Å². The molecule has 0 saturated heterocycles. The van der Waals surface area contributed by atoms with Crippen LogP contribution in [-0.4, -0.2) is 22.2 Å². The number of hydrogen-bond donors (Lipinski definition) is 2. The molecule has 156 valence electrons. The number of nitrogens with one attached hydrogen (secondary N) is 2. The van der Waals surface area contributed by atoms with Crippen LogP contribution in [0.3, 0.4) is 0 Å². The van der Waals surface area contributed by atoms with Crippen molar-refractivity contribution in [3.05, 3.63) is 73.0 Å². The Morgan fingerprint density at radius 1 is 1.06 bits per heavy atom. The first-order valence-corrected chi connectivity index (χ1v) is 9.94. The SMILES string of the molecule is C=C(Nc1cccc(Oc2ncnc3cc(OC)ccc23)c1)Nc1cc(C2CC2)no1. The quantitative estimate of drug-likeness (QED) is 0.401. The highest BCUT2D eigenvalue weighted by molar-refractivity contribution is 5.84. The summed E-state index contributed by atoms with van der Waals surface area (Å²) in [6.07, 6.45) is 3.82. The molecule has 1 aliphatic rings. The summed E-state index contributed by atoms with van der Waals surface area (Å²) in [6.45, 7) is 4.00. The zero-order valence-corrected chi connectivity index (χ0v) is 17.0. The van der Waals surface area contributed by atoms with Gasteiger partial charge < -0.3 is 24.6 Å². The van der Waals surface area contributed by atoms with Crippen LogP contribution in [0.15, 0.2) is 71.8 Å². The highest BCUT2D eigenvalue weighted by Crippen LogP contribution is 2.40. The number of rotatable bonds is 8. The smallest absolute Gasteiger partial charge is 0.230 e. The van der Waals surface area contributed by atoms with E-state index < -0.39 is 0 Å². The molecule has 8 nitrogen and oxygen atoms in total. The molecule has 0 amide bonds. The van der Waals surface area contributed by atoms with Crippen LogP contribution >= 0.6 is 0 Å². The zero-order valence-electron chi connectivity index (χ0n) is 17.0. The molecule has 1 aliphatic carbocycles. The van der Waals surface area contributed by atoms with Crippen LogP contribution in [0.1, 0.15) is 24.5 Å². The maximum Gasteiger partial charge on any atom is 0.230 e. The van der Waals surface area contributed by atoms with Gasteiger partial charge in [0.05, 0.1) is 23.7 Å². The van der Waals surface area contributed by atoms with Crippen LogP contribution in [0.2, 0.25) is 0 Å². The van der Waals surface area contributed by atoms with Gasteiger partial charge in [0, 0.05) is 29.8 Å². The number of hydrogen-bond acceptors (Lipinski definition) is 8. The Morgan fingerprint density at radius 2 is 1.97 bits per heavy atom. The van der Waals surface area contributed by atoms with E-state index in [1.54, 1.807) is 7.11 Å². The second-order valence-corrected chi connectivity index (χ2v) is 7.31. The summed E-state index contributed by atoms with van der Waals surface area (Å²) < 4.78 is 16.6. The van der Waals surface area contributed by atoms with E-state index in [9.17, 15) is 0 Å². The third-order valence-electron chi connectivity index (χ3n) is 4.95. The van der Waals surface area contributed by atoms with Gasteiger partial charge in [-0.3, -0.25) is 0 Å². The third-order valence-corrected chi connectivity index (χ3v) is 4.95. The molecule has 0 atom stereocenters. The lowest BCUT2D eigenvalue weighted by Crippen LogP contribution is -2.07. The number of ether oxygens (including phenoxy) is 2. The van der Waals surface area contributed by atoms with Crippen molar-refractivity contribution in [1.82, 2.24) is 15.1 Å². The van der Waals surface area contributed by atoms with E-state index in [1.807, 2.05) is 48.5 Å². The van der Waals surface area contributed by atoms with E-state index in [0.717, 1.165) is 28.0 Å². The lowest BCUT2D eigenvalue weighted by molar-refractivity contribution is 0.415.